The van der Waals surface area contributed by atoms with E-state index >= 15 is 0 Å². The van der Waals surface area contributed by atoms with Crippen molar-refractivity contribution < 1.29 is 30.5 Å². The predicted octanol–water partition coefficient (Wildman–Crippen LogP) is 3.84. The van der Waals surface area contributed by atoms with Crippen molar-refractivity contribution in [1.82, 2.24) is 0 Å². The third-order valence-corrected chi connectivity index (χ3v) is 4.91. The monoisotopic (exact) mass is 358 g/mol. The lowest BCUT2D eigenvalue weighted by atomic mass is 10.1. The Labute approximate surface area is 137 Å². The molecule has 0 atom stereocenters. The molecule has 0 spiro atoms. The molecule has 4 nitrogen and oxygen atoms in total. The largest absolute Gasteiger partial charge is 0.573 e. The lowest BCUT2D eigenvalue weighted by molar-refractivity contribution is -0.275. The number of benzene rings is 2. The van der Waals surface area contributed by atoms with Crippen molar-refractivity contribution in [3.8, 4) is 11.5 Å². The number of fused-ring (bicyclic) bond motifs is 1. The fraction of sp³-hybridized carbons (Fsp3) is 0.250. The van der Waals surface area contributed by atoms with Gasteiger partial charge in [0, 0.05) is 0 Å². The van der Waals surface area contributed by atoms with Gasteiger partial charge in [-0.05, 0) is 54.7 Å². The van der Waals surface area contributed by atoms with Crippen molar-refractivity contribution in [2.24, 2.45) is 0 Å². The Morgan fingerprint density at radius 1 is 0.958 bits per heavy atom. The van der Waals surface area contributed by atoms with Gasteiger partial charge in [0.2, 0.25) is 0 Å². The fourth-order valence-electron chi connectivity index (χ4n) is 2.64. The molecule has 3 rings (SSSR count). The molecule has 8 heteroatoms. The van der Waals surface area contributed by atoms with Gasteiger partial charge in [0.1, 0.15) is 10.6 Å². The molecule has 1 aliphatic carbocycles. The van der Waals surface area contributed by atoms with E-state index in [1.165, 1.54) is 18.2 Å². The van der Waals surface area contributed by atoms with Gasteiger partial charge >= 0.3 is 16.5 Å². The number of hydrogen-bond donors (Lipinski definition) is 0. The van der Waals surface area contributed by atoms with Crippen LogP contribution in [0.4, 0.5) is 13.2 Å². The second-order valence-corrected chi connectivity index (χ2v) is 6.83. The highest BCUT2D eigenvalue weighted by molar-refractivity contribution is 7.87. The zero-order valence-corrected chi connectivity index (χ0v) is 13.2. The Kier molecular flexibility index (Phi) is 4.16. The first-order valence-electron chi connectivity index (χ1n) is 7.16. The second-order valence-electron chi connectivity index (χ2n) is 5.32. The molecule has 1 aliphatic rings. The average molecular weight is 358 g/mol. The number of hydrogen-bond acceptors (Lipinski definition) is 4. The molecule has 0 heterocycles. The first kappa shape index (κ1) is 16.6. The third kappa shape index (κ3) is 3.64. The predicted molar refractivity (Wildman–Crippen MR) is 79.4 cm³/mol. The Morgan fingerprint density at radius 3 is 2.42 bits per heavy atom. The van der Waals surface area contributed by atoms with Crippen molar-refractivity contribution in [2.75, 3.05) is 0 Å². The molecule has 0 saturated heterocycles. The Bertz CT molecular complexity index is 860. The lowest BCUT2D eigenvalue weighted by Gasteiger charge is -2.14. The van der Waals surface area contributed by atoms with Crippen LogP contribution >= 0.6 is 0 Å². The minimum Gasteiger partial charge on any atom is -0.404 e. The van der Waals surface area contributed by atoms with Crippen molar-refractivity contribution in [3.05, 3.63) is 53.6 Å². The van der Waals surface area contributed by atoms with Gasteiger partial charge in [-0.25, -0.2) is 0 Å². The van der Waals surface area contributed by atoms with E-state index in [9.17, 15) is 21.6 Å². The highest BCUT2D eigenvalue weighted by Gasteiger charge is 2.34. The summed E-state index contributed by atoms with van der Waals surface area (Å²) in [6.07, 6.45) is -2.28. The van der Waals surface area contributed by atoms with Gasteiger partial charge in [-0.2, -0.15) is 8.42 Å². The van der Waals surface area contributed by atoms with Crippen molar-refractivity contribution in [3.63, 3.8) is 0 Å². The molecule has 0 fully saturated rings. The molecular weight excluding hydrogens is 345 g/mol. The number of alkyl halides is 3. The minimum absolute atomic E-state index is 0.0671. The fourth-order valence-corrected chi connectivity index (χ4v) is 3.69. The molecular formula is C16H13F3O4S. The summed E-state index contributed by atoms with van der Waals surface area (Å²) < 4.78 is 70.7. The summed E-state index contributed by atoms with van der Waals surface area (Å²) in [6, 6.07) is 9.33. The molecule has 0 bridgehead atoms. The SMILES string of the molecule is O=S(=O)(Oc1ccc2c(c1)CCC2)c1ccccc1OC(F)(F)F. The van der Waals surface area contributed by atoms with E-state index in [-0.39, 0.29) is 5.75 Å². The molecule has 0 radical (unpaired) electrons. The van der Waals surface area contributed by atoms with Crippen LogP contribution in [0.2, 0.25) is 0 Å². The summed E-state index contributed by atoms with van der Waals surface area (Å²) >= 11 is 0. The van der Waals surface area contributed by atoms with Crippen LogP contribution < -0.4 is 8.92 Å². The maximum Gasteiger partial charge on any atom is 0.573 e. The van der Waals surface area contributed by atoms with Gasteiger partial charge in [-0.15, -0.1) is 13.2 Å². The highest BCUT2D eigenvalue weighted by Crippen LogP contribution is 2.32. The average Bonchev–Trinajstić information content (AvgIpc) is 2.93. The Hall–Kier alpha value is -2.22. The van der Waals surface area contributed by atoms with Crippen LogP contribution in [-0.2, 0) is 23.0 Å². The van der Waals surface area contributed by atoms with Gasteiger partial charge in [-0.1, -0.05) is 18.2 Å². The molecule has 0 N–H and O–H groups in total. The van der Waals surface area contributed by atoms with E-state index in [0.29, 0.717) is 0 Å². The quantitative estimate of drug-likeness (QED) is 0.780. The Balaban J connectivity index is 1.91. The molecule has 0 amide bonds. The smallest absolute Gasteiger partial charge is 0.404 e. The summed E-state index contributed by atoms with van der Waals surface area (Å²) in [5, 5.41) is 0. The van der Waals surface area contributed by atoms with E-state index in [0.717, 1.165) is 42.5 Å². The van der Waals surface area contributed by atoms with Crippen LogP contribution in [0.15, 0.2) is 47.4 Å². The maximum absolute atomic E-state index is 12.4. The summed E-state index contributed by atoms with van der Waals surface area (Å²) in [6.45, 7) is 0. The van der Waals surface area contributed by atoms with E-state index < -0.39 is 27.1 Å². The molecule has 0 aromatic heterocycles. The number of rotatable bonds is 4. The molecule has 24 heavy (non-hydrogen) atoms. The van der Waals surface area contributed by atoms with Crippen LogP contribution in [0.3, 0.4) is 0 Å². The van der Waals surface area contributed by atoms with Gasteiger partial charge < -0.3 is 8.92 Å². The maximum atomic E-state index is 12.4. The van der Waals surface area contributed by atoms with E-state index in [1.54, 1.807) is 12.1 Å². The van der Waals surface area contributed by atoms with Crippen molar-refractivity contribution in [2.45, 2.75) is 30.5 Å². The zero-order chi connectivity index (χ0) is 17.4. The van der Waals surface area contributed by atoms with Gasteiger partial charge in [0.25, 0.3) is 0 Å². The van der Waals surface area contributed by atoms with E-state index in [4.69, 9.17) is 4.18 Å². The second kappa shape index (κ2) is 6.01. The van der Waals surface area contributed by atoms with Crippen LogP contribution in [0.25, 0.3) is 0 Å². The third-order valence-electron chi connectivity index (χ3n) is 3.62. The molecule has 0 saturated carbocycles. The number of ether oxygens (including phenoxy) is 1. The molecule has 0 aliphatic heterocycles. The van der Waals surface area contributed by atoms with Crippen LogP contribution in [0.5, 0.6) is 11.5 Å². The summed E-state index contributed by atoms with van der Waals surface area (Å²) in [5.41, 5.74) is 2.11. The van der Waals surface area contributed by atoms with E-state index in [1.807, 2.05) is 0 Å². The topological polar surface area (TPSA) is 52.6 Å². The van der Waals surface area contributed by atoms with Gasteiger partial charge in [0.15, 0.2) is 5.75 Å². The van der Waals surface area contributed by atoms with Gasteiger partial charge in [0.05, 0.1) is 0 Å². The molecule has 128 valence electrons. The minimum atomic E-state index is -5.00. The standard InChI is InChI=1S/C16H13F3O4S/c17-16(18,19)22-14-6-1-2-7-15(14)24(20,21)23-13-9-8-11-4-3-5-12(11)10-13/h1-2,6-10H,3-5H2. The lowest BCUT2D eigenvalue weighted by Crippen LogP contribution is -2.20. The van der Waals surface area contributed by atoms with Crippen LogP contribution in [0, 0.1) is 0 Å². The number of para-hydroxylation sites is 1. The van der Waals surface area contributed by atoms with Gasteiger partial charge in [-0.3, -0.25) is 0 Å². The highest BCUT2D eigenvalue weighted by atomic mass is 32.2. The molecule has 0 unspecified atom stereocenters. The Morgan fingerprint density at radius 2 is 1.67 bits per heavy atom. The summed E-state index contributed by atoms with van der Waals surface area (Å²) in [7, 11) is -4.46. The summed E-state index contributed by atoms with van der Waals surface area (Å²) in [5.74, 6) is -0.761. The van der Waals surface area contributed by atoms with Crippen molar-refractivity contribution in [1.29, 1.82) is 0 Å². The molecule has 2 aromatic carbocycles. The summed E-state index contributed by atoms with van der Waals surface area (Å²) in [4.78, 5) is -0.678. The van der Waals surface area contributed by atoms with Crippen LogP contribution in [0.1, 0.15) is 17.5 Å². The normalized spacial score (nSPS) is 14.3. The number of aryl methyl sites for hydroxylation is 2. The molecule has 2 aromatic rings. The van der Waals surface area contributed by atoms with E-state index in [2.05, 4.69) is 4.74 Å². The van der Waals surface area contributed by atoms with Crippen LogP contribution in [-0.4, -0.2) is 14.8 Å². The number of halogens is 3. The zero-order valence-electron chi connectivity index (χ0n) is 12.3. The van der Waals surface area contributed by atoms with Crippen molar-refractivity contribution >= 4 is 10.1 Å². The first-order valence-corrected chi connectivity index (χ1v) is 8.56. The first-order chi connectivity index (χ1) is 11.2.